The van der Waals surface area contributed by atoms with Crippen molar-refractivity contribution in [2.75, 3.05) is 11.5 Å². The van der Waals surface area contributed by atoms with Gasteiger partial charge >= 0.3 is 6.18 Å². The van der Waals surface area contributed by atoms with Crippen LogP contribution < -0.4 is 5.73 Å². The summed E-state index contributed by atoms with van der Waals surface area (Å²) in [5.41, 5.74) is 6.34. The molecule has 2 rings (SSSR count). The average Bonchev–Trinajstić information content (AvgIpc) is 2.67. The van der Waals surface area contributed by atoms with E-state index in [1.54, 1.807) is 6.92 Å². The Morgan fingerprint density at radius 2 is 2.00 bits per heavy atom. The van der Waals surface area contributed by atoms with Gasteiger partial charge in [0.2, 0.25) is 0 Å². The minimum absolute atomic E-state index is 0.00856. The van der Waals surface area contributed by atoms with Crippen molar-refractivity contribution in [3.8, 4) is 0 Å². The van der Waals surface area contributed by atoms with Gasteiger partial charge in [0, 0.05) is 6.04 Å². The Morgan fingerprint density at radius 1 is 1.35 bits per heavy atom. The molecule has 0 amide bonds. The molecule has 20 heavy (non-hydrogen) atoms. The van der Waals surface area contributed by atoms with Crippen molar-refractivity contribution in [2.24, 2.45) is 11.7 Å². The van der Waals surface area contributed by atoms with Gasteiger partial charge in [-0.3, -0.25) is 0 Å². The molecule has 2 N–H and O–H groups in total. The first-order valence-corrected chi connectivity index (χ1v) is 8.06. The van der Waals surface area contributed by atoms with Crippen molar-refractivity contribution in [2.45, 2.75) is 25.6 Å². The predicted octanol–water partition coefficient (Wildman–Crippen LogP) is 2.45. The molecule has 7 heteroatoms. The number of aryl methyl sites for hydroxylation is 1. The highest BCUT2D eigenvalue weighted by atomic mass is 32.2. The van der Waals surface area contributed by atoms with Crippen molar-refractivity contribution in [3.05, 3.63) is 34.9 Å². The average molecular weight is 307 g/mol. The quantitative estimate of drug-likeness (QED) is 0.913. The number of alkyl halides is 3. The molecule has 1 aliphatic rings. The monoisotopic (exact) mass is 307 g/mol. The van der Waals surface area contributed by atoms with E-state index in [-0.39, 0.29) is 17.4 Å². The lowest BCUT2D eigenvalue weighted by Gasteiger charge is -2.21. The molecule has 0 bridgehead atoms. The summed E-state index contributed by atoms with van der Waals surface area (Å²) < 4.78 is 60.7. The second-order valence-electron chi connectivity index (χ2n) is 5.26. The van der Waals surface area contributed by atoms with Crippen molar-refractivity contribution >= 4 is 9.84 Å². The second-order valence-corrected chi connectivity index (χ2v) is 7.49. The van der Waals surface area contributed by atoms with E-state index in [2.05, 4.69) is 0 Å². The van der Waals surface area contributed by atoms with Crippen LogP contribution >= 0.6 is 0 Å². The molecular weight excluding hydrogens is 291 g/mol. The molecule has 0 aromatic heterocycles. The van der Waals surface area contributed by atoms with E-state index < -0.39 is 27.6 Å². The van der Waals surface area contributed by atoms with Crippen LogP contribution in [0.2, 0.25) is 0 Å². The molecular formula is C13H16F3NO2S. The number of nitrogens with two attached hydrogens (primary N) is 1. The largest absolute Gasteiger partial charge is 0.416 e. The smallest absolute Gasteiger partial charge is 0.324 e. The molecule has 0 spiro atoms. The highest BCUT2D eigenvalue weighted by Gasteiger charge is 2.34. The van der Waals surface area contributed by atoms with Crippen molar-refractivity contribution in [3.63, 3.8) is 0 Å². The lowest BCUT2D eigenvalue weighted by atomic mass is 9.90. The van der Waals surface area contributed by atoms with Crippen LogP contribution in [0.3, 0.4) is 0 Å². The highest BCUT2D eigenvalue weighted by Crippen LogP contribution is 2.34. The molecule has 2 atom stereocenters. The lowest BCUT2D eigenvalue weighted by molar-refractivity contribution is -0.137. The third kappa shape index (κ3) is 3.15. The van der Waals surface area contributed by atoms with E-state index in [9.17, 15) is 21.6 Å². The number of benzene rings is 1. The normalized spacial score (nSPS) is 23.8. The third-order valence-corrected chi connectivity index (χ3v) is 5.53. The topological polar surface area (TPSA) is 60.2 Å². The van der Waals surface area contributed by atoms with Crippen LogP contribution in [-0.4, -0.2) is 19.9 Å². The molecule has 1 aromatic rings. The minimum atomic E-state index is -4.38. The maximum Gasteiger partial charge on any atom is 0.416 e. The Morgan fingerprint density at radius 3 is 2.45 bits per heavy atom. The predicted molar refractivity (Wildman–Crippen MR) is 69.9 cm³/mol. The summed E-state index contributed by atoms with van der Waals surface area (Å²) in [6, 6.07) is 2.85. The molecule has 0 aliphatic carbocycles. The summed E-state index contributed by atoms with van der Waals surface area (Å²) in [6.07, 6.45) is -3.92. The van der Waals surface area contributed by atoms with Crippen LogP contribution in [0.25, 0.3) is 0 Å². The number of sulfone groups is 1. The molecule has 3 nitrogen and oxygen atoms in total. The zero-order valence-electron chi connectivity index (χ0n) is 10.9. The molecule has 1 saturated heterocycles. The minimum Gasteiger partial charge on any atom is -0.324 e. The summed E-state index contributed by atoms with van der Waals surface area (Å²) in [5, 5.41) is 0. The van der Waals surface area contributed by atoms with Crippen LogP contribution in [-0.2, 0) is 16.0 Å². The summed E-state index contributed by atoms with van der Waals surface area (Å²) in [6.45, 7) is 1.56. The molecule has 1 fully saturated rings. The Balaban J connectivity index is 2.26. The molecule has 2 unspecified atom stereocenters. The van der Waals surface area contributed by atoms with Crippen LogP contribution in [0.1, 0.15) is 29.2 Å². The standard InChI is InChI=1S/C13H16F3NO2S/c1-8-6-10(13(14,15)16)2-3-11(8)12(17)9-4-5-20(18,19)7-9/h2-3,6,9,12H,4-5,7,17H2,1H3. The third-order valence-electron chi connectivity index (χ3n) is 3.73. The SMILES string of the molecule is Cc1cc(C(F)(F)F)ccc1C(N)C1CCS(=O)(=O)C1. The van der Waals surface area contributed by atoms with Gasteiger partial charge in [-0.05, 0) is 42.5 Å². The fourth-order valence-corrected chi connectivity index (χ4v) is 4.44. The van der Waals surface area contributed by atoms with Crippen LogP contribution in [0.5, 0.6) is 0 Å². The van der Waals surface area contributed by atoms with E-state index in [0.717, 1.165) is 12.1 Å². The zero-order chi connectivity index (χ0) is 15.1. The van der Waals surface area contributed by atoms with Crippen LogP contribution in [0, 0.1) is 12.8 Å². The zero-order valence-corrected chi connectivity index (χ0v) is 11.8. The number of halogens is 3. The van der Waals surface area contributed by atoms with Gasteiger partial charge in [-0.2, -0.15) is 13.2 Å². The van der Waals surface area contributed by atoms with Crippen LogP contribution in [0.15, 0.2) is 18.2 Å². The fraction of sp³-hybridized carbons (Fsp3) is 0.538. The summed E-state index contributed by atoms with van der Waals surface area (Å²) >= 11 is 0. The van der Waals surface area contributed by atoms with E-state index in [1.165, 1.54) is 6.07 Å². The Kier molecular flexibility index (Phi) is 3.85. The summed E-state index contributed by atoms with van der Waals surface area (Å²) in [5.74, 6) is -0.116. The van der Waals surface area contributed by atoms with E-state index in [1.807, 2.05) is 0 Å². The second kappa shape index (κ2) is 5.04. The fourth-order valence-electron chi connectivity index (χ4n) is 2.59. The molecule has 1 aliphatic heterocycles. The summed E-state index contributed by atoms with van der Waals surface area (Å²) in [7, 11) is -3.05. The maximum atomic E-state index is 12.6. The Hall–Kier alpha value is -1.08. The van der Waals surface area contributed by atoms with E-state index in [0.29, 0.717) is 17.5 Å². The van der Waals surface area contributed by atoms with Gasteiger partial charge in [0.1, 0.15) is 0 Å². The number of hydrogen-bond acceptors (Lipinski definition) is 3. The molecule has 112 valence electrons. The van der Waals surface area contributed by atoms with Crippen molar-refractivity contribution < 1.29 is 21.6 Å². The van der Waals surface area contributed by atoms with Gasteiger partial charge in [-0.1, -0.05) is 6.07 Å². The number of rotatable bonds is 2. The van der Waals surface area contributed by atoms with Gasteiger partial charge in [-0.15, -0.1) is 0 Å². The van der Waals surface area contributed by atoms with Gasteiger partial charge in [0.15, 0.2) is 9.84 Å². The lowest BCUT2D eigenvalue weighted by Crippen LogP contribution is -2.23. The van der Waals surface area contributed by atoms with Gasteiger partial charge < -0.3 is 5.73 Å². The maximum absolute atomic E-state index is 12.6. The first-order valence-electron chi connectivity index (χ1n) is 6.24. The molecule has 1 heterocycles. The highest BCUT2D eigenvalue weighted by molar-refractivity contribution is 7.91. The van der Waals surface area contributed by atoms with Gasteiger partial charge in [0.05, 0.1) is 17.1 Å². The Bertz CT molecular complexity index is 611. The van der Waals surface area contributed by atoms with E-state index in [4.69, 9.17) is 5.73 Å². The first-order chi connectivity index (χ1) is 9.10. The van der Waals surface area contributed by atoms with Gasteiger partial charge in [0.25, 0.3) is 0 Å². The Labute approximate surface area is 115 Å². The summed E-state index contributed by atoms with van der Waals surface area (Å²) in [4.78, 5) is 0. The van der Waals surface area contributed by atoms with Gasteiger partial charge in [-0.25, -0.2) is 8.42 Å². The number of hydrogen-bond donors (Lipinski definition) is 1. The first kappa shape index (κ1) is 15.3. The molecule has 0 radical (unpaired) electrons. The van der Waals surface area contributed by atoms with Crippen molar-refractivity contribution in [1.29, 1.82) is 0 Å². The van der Waals surface area contributed by atoms with Crippen LogP contribution in [0.4, 0.5) is 13.2 Å². The van der Waals surface area contributed by atoms with E-state index >= 15 is 0 Å². The van der Waals surface area contributed by atoms with Crippen molar-refractivity contribution in [1.82, 2.24) is 0 Å². The molecule has 1 aromatic carbocycles. The molecule has 0 saturated carbocycles.